The first-order valence-corrected chi connectivity index (χ1v) is 7.59. The minimum atomic E-state index is -1.13. The molecule has 0 aromatic heterocycles. The Morgan fingerprint density at radius 1 is 1.33 bits per heavy atom. The summed E-state index contributed by atoms with van der Waals surface area (Å²) >= 11 is 1.48. The number of aliphatic carboxylic acids is 1. The first kappa shape index (κ1) is 15.4. The molecule has 1 aliphatic heterocycles. The molecule has 112 valence electrons. The number of hydrogen-bond donors (Lipinski definition) is 2. The number of carboxylic acid groups (broad SMARTS) is 1. The van der Waals surface area contributed by atoms with Crippen molar-refractivity contribution in [1.82, 2.24) is 10.2 Å². The lowest BCUT2D eigenvalue weighted by molar-refractivity contribution is -0.143. The van der Waals surface area contributed by atoms with Gasteiger partial charge in [-0.05, 0) is 5.56 Å². The molecule has 1 aromatic rings. The van der Waals surface area contributed by atoms with Crippen molar-refractivity contribution in [2.45, 2.75) is 19.0 Å². The maximum atomic E-state index is 12.3. The van der Waals surface area contributed by atoms with Gasteiger partial charge in [0.2, 0.25) is 11.8 Å². The van der Waals surface area contributed by atoms with E-state index >= 15 is 0 Å². The van der Waals surface area contributed by atoms with E-state index in [4.69, 9.17) is 0 Å². The van der Waals surface area contributed by atoms with Gasteiger partial charge < -0.3 is 15.3 Å². The molecular weight excluding hydrogens is 292 g/mol. The molecule has 1 saturated heterocycles. The van der Waals surface area contributed by atoms with Gasteiger partial charge in [-0.2, -0.15) is 0 Å². The van der Waals surface area contributed by atoms with Crippen LogP contribution in [0.5, 0.6) is 0 Å². The summed E-state index contributed by atoms with van der Waals surface area (Å²) in [6, 6.07) is 6.76. The van der Waals surface area contributed by atoms with Crippen LogP contribution in [0.15, 0.2) is 30.3 Å². The minimum Gasteiger partial charge on any atom is -0.479 e. The Kier molecular flexibility index (Phi) is 4.85. The van der Waals surface area contributed by atoms with Gasteiger partial charge >= 0.3 is 5.97 Å². The highest BCUT2D eigenvalue weighted by atomic mass is 32.2. The number of hydrogen-bond acceptors (Lipinski definition) is 4. The van der Waals surface area contributed by atoms with Crippen LogP contribution >= 0.6 is 11.8 Å². The van der Waals surface area contributed by atoms with E-state index in [-0.39, 0.29) is 5.91 Å². The van der Waals surface area contributed by atoms with Gasteiger partial charge in [-0.25, -0.2) is 4.79 Å². The molecule has 2 rings (SSSR count). The highest BCUT2D eigenvalue weighted by molar-refractivity contribution is 7.99. The third-order valence-corrected chi connectivity index (χ3v) is 4.27. The number of thioether (sulfide) groups is 1. The minimum absolute atomic E-state index is 0.188. The fourth-order valence-electron chi connectivity index (χ4n) is 2.14. The number of nitrogens with zero attached hydrogens (tertiary/aromatic N) is 1. The predicted octanol–water partition coefficient (Wildman–Crippen LogP) is 0.850. The van der Waals surface area contributed by atoms with Crippen molar-refractivity contribution in [2.75, 3.05) is 11.6 Å². The second-order valence-corrected chi connectivity index (χ2v) is 5.69. The molecule has 2 N–H and O–H groups in total. The molecule has 21 heavy (non-hydrogen) atoms. The van der Waals surface area contributed by atoms with E-state index in [1.807, 2.05) is 0 Å². The summed E-state index contributed by atoms with van der Waals surface area (Å²) in [5.74, 6) is -0.823. The lowest BCUT2D eigenvalue weighted by atomic mass is 10.1. The van der Waals surface area contributed by atoms with Gasteiger partial charge in [-0.15, -0.1) is 11.8 Å². The van der Waals surface area contributed by atoms with E-state index in [0.29, 0.717) is 17.2 Å². The summed E-state index contributed by atoms with van der Waals surface area (Å²) in [5.41, 5.74) is 0.498. The van der Waals surface area contributed by atoms with Crippen LogP contribution in [-0.4, -0.2) is 45.5 Å². The first-order chi connectivity index (χ1) is 10.0. The molecule has 0 radical (unpaired) electrons. The third-order valence-electron chi connectivity index (χ3n) is 3.26. The van der Waals surface area contributed by atoms with Crippen molar-refractivity contribution in [3.8, 4) is 0 Å². The van der Waals surface area contributed by atoms with Crippen LogP contribution in [0, 0.1) is 0 Å². The third kappa shape index (κ3) is 3.55. The number of nitrogens with one attached hydrogen (secondary N) is 1. The molecule has 7 heteroatoms. The molecule has 0 spiro atoms. The van der Waals surface area contributed by atoms with E-state index in [1.54, 1.807) is 30.3 Å². The van der Waals surface area contributed by atoms with E-state index in [2.05, 4.69) is 5.32 Å². The van der Waals surface area contributed by atoms with Crippen LogP contribution < -0.4 is 5.32 Å². The molecule has 0 aliphatic carbocycles. The Labute approximate surface area is 126 Å². The van der Waals surface area contributed by atoms with Crippen LogP contribution in [0.2, 0.25) is 0 Å². The van der Waals surface area contributed by atoms with Crippen molar-refractivity contribution >= 4 is 29.5 Å². The van der Waals surface area contributed by atoms with Crippen LogP contribution in [0.3, 0.4) is 0 Å². The maximum absolute atomic E-state index is 12.3. The standard InChI is InChI=1S/C14H16N2O4S/c1-9(17)16-8-21-7-11(16)13(18)15-12(14(19)20)10-5-3-2-4-6-10/h2-6,11-12H,7-8H2,1H3,(H,15,18)(H,19,20)/t11-,12+/m0/s1. The number of benzene rings is 1. The lowest BCUT2D eigenvalue weighted by Gasteiger charge is -2.23. The van der Waals surface area contributed by atoms with Crippen molar-refractivity contribution < 1.29 is 19.5 Å². The van der Waals surface area contributed by atoms with Crippen LogP contribution in [0.1, 0.15) is 18.5 Å². The average molecular weight is 308 g/mol. The maximum Gasteiger partial charge on any atom is 0.330 e. The zero-order chi connectivity index (χ0) is 15.4. The first-order valence-electron chi connectivity index (χ1n) is 6.43. The highest BCUT2D eigenvalue weighted by Crippen LogP contribution is 2.22. The zero-order valence-electron chi connectivity index (χ0n) is 11.5. The number of carbonyl (C=O) groups is 3. The molecule has 1 heterocycles. The number of amides is 2. The van der Waals surface area contributed by atoms with Gasteiger partial charge in [-0.1, -0.05) is 30.3 Å². The van der Waals surface area contributed by atoms with Crippen molar-refractivity contribution in [3.05, 3.63) is 35.9 Å². The Morgan fingerprint density at radius 3 is 2.57 bits per heavy atom. The molecule has 0 bridgehead atoms. The quantitative estimate of drug-likeness (QED) is 0.861. The van der Waals surface area contributed by atoms with Crippen molar-refractivity contribution in [1.29, 1.82) is 0 Å². The van der Waals surface area contributed by atoms with Crippen LogP contribution in [-0.2, 0) is 14.4 Å². The summed E-state index contributed by atoms with van der Waals surface area (Å²) in [6.45, 7) is 1.40. The Bertz CT molecular complexity index is 549. The van der Waals surface area contributed by atoms with Gasteiger partial charge in [0, 0.05) is 12.7 Å². The molecule has 0 unspecified atom stereocenters. The highest BCUT2D eigenvalue weighted by Gasteiger charge is 2.35. The van der Waals surface area contributed by atoms with Gasteiger partial charge in [0.25, 0.3) is 0 Å². The molecule has 2 amide bonds. The summed E-state index contributed by atoms with van der Waals surface area (Å²) in [7, 11) is 0. The smallest absolute Gasteiger partial charge is 0.330 e. The lowest BCUT2D eigenvalue weighted by Crippen LogP contribution is -2.48. The zero-order valence-corrected chi connectivity index (χ0v) is 12.3. The number of carbonyl (C=O) groups excluding carboxylic acids is 2. The van der Waals surface area contributed by atoms with Crippen LogP contribution in [0.4, 0.5) is 0 Å². The molecular formula is C14H16N2O4S. The fraction of sp³-hybridized carbons (Fsp3) is 0.357. The Balaban J connectivity index is 2.12. The summed E-state index contributed by atoms with van der Waals surface area (Å²) in [4.78, 5) is 36.5. The fourth-order valence-corrected chi connectivity index (χ4v) is 3.36. The van der Waals surface area contributed by atoms with E-state index in [0.717, 1.165) is 0 Å². The van der Waals surface area contributed by atoms with Crippen molar-refractivity contribution in [2.24, 2.45) is 0 Å². The Morgan fingerprint density at radius 2 is 2.00 bits per heavy atom. The summed E-state index contributed by atoms with van der Waals surface area (Å²) in [5, 5.41) is 11.8. The molecule has 1 aromatic carbocycles. The van der Waals surface area contributed by atoms with Gasteiger partial charge in [0.05, 0.1) is 5.88 Å². The molecule has 1 aliphatic rings. The Hall–Kier alpha value is -2.02. The molecule has 1 fully saturated rings. The average Bonchev–Trinajstić information content (AvgIpc) is 2.94. The van der Waals surface area contributed by atoms with E-state index in [9.17, 15) is 19.5 Å². The number of rotatable bonds is 4. The summed E-state index contributed by atoms with van der Waals surface area (Å²) in [6.07, 6.45) is 0. The monoisotopic (exact) mass is 308 g/mol. The molecule has 0 saturated carbocycles. The molecule has 6 nitrogen and oxygen atoms in total. The van der Waals surface area contributed by atoms with Crippen molar-refractivity contribution in [3.63, 3.8) is 0 Å². The van der Waals surface area contributed by atoms with Gasteiger partial charge in [0.1, 0.15) is 6.04 Å². The predicted molar refractivity (Wildman–Crippen MR) is 78.6 cm³/mol. The van der Waals surface area contributed by atoms with Gasteiger partial charge in [-0.3, -0.25) is 9.59 Å². The van der Waals surface area contributed by atoms with Gasteiger partial charge in [0.15, 0.2) is 6.04 Å². The number of carboxylic acids is 1. The van der Waals surface area contributed by atoms with E-state index in [1.165, 1.54) is 23.6 Å². The topological polar surface area (TPSA) is 86.7 Å². The molecule has 2 atom stereocenters. The second-order valence-electron chi connectivity index (χ2n) is 4.70. The van der Waals surface area contributed by atoms with Crippen LogP contribution in [0.25, 0.3) is 0 Å². The largest absolute Gasteiger partial charge is 0.479 e. The normalized spacial score (nSPS) is 19.1. The summed E-state index contributed by atoms with van der Waals surface area (Å²) < 4.78 is 0. The SMILES string of the molecule is CC(=O)N1CSC[C@H]1C(=O)N[C@@H](C(=O)O)c1ccccc1. The second kappa shape index (κ2) is 6.62. The van der Waals surface area contributed by atoms with E-state index < -0.39 is 24.0 Å².